The molecule has 206 valence electrons. The van der Waals surface area contributed by atoms with Crippen LogP contribution in [0.5, 0.6) is 0 Å². The highest BCUT2D eigenvalue weighted by atomic mass is 32.1. The fourth-order valence-corrected chi connectivity index (χ4v) is 6.29. The number of nitrogens with zero attached hydrogens (tertiary/aromatic N) is 4. The summed E-state index contributed by atoms with van der Waals surface area (Å²) in [6.45, 7) is 13.0. The summed E-state index contributed by atoms with van der Waals surface area (Å²) in [5.41, 5.74) is -0.498. The molecule has 7 nitrogen and oxygen atoms in total. The number of halogens is 3. The lowest BCUT2D eigenvalue weighted by molar-refractivity contribution is -0.126. The van der Waals surface area contributed by atoms with Crippen LogP contribution in [0.2, 0.25) is 0 Å². The molecular formula is C26H38F3N5O2S. The summed E-state index contributed by atoms with van der Waals surface area (Å²) in [6.07, 6.45) is -1.10. The monoisotopic (exact) mass is 541 g/mol. The topological polar surface area (TPSA) is 70.6 Å². The number of anilines is 1. The third-order valence-corrected chi connectivity index (χ3v) is 8.02. The first kappa shape index (κ1) is 27.9. The molecule has 2 saturated heterocycles. The SMILES string of the molecule is CC(C)[C@H](N[C@H]1CCCN(c2ncnc3sc(CC(F)(F)F)cc23)CC1)C1CN(C(=O)OC(C)(C)C)C1. The summed E-state index contributed by atoms with van der Waals surface area (Å²) < 4.78 is 44.3. The van der Waals surface area contributed by atoms with Crippen LogP contribution < -0.4 is 10.2 Å². The minimum absolute atomic E-state index is 0.251. The van der Waals surface area contributed by atoms with E-state index in [9.17, 15) is 18.0 Å². The van der Waals surface area contributed by atoms with Crippen molar-refractivity contribution in [1.82, 2.24) is 20.2 Å². The van der Waals surface area contributed by atoms with E-state index in [2.05, 4.69) is 34.0 Å². The number of hydrogen-bond acceptors (Lipinski definition) is 7. The van der Waals surface area contributed by atoms with E-state index in [0.29, 0.717) is 47.2 Å². The molecule has 0 aliphatic carbocycles. The summed E-state index contributed by atoms with van der Waals surface area (Å²) in [5, 5.41) is 4.59. The maximum Gasteiger partial charge on any atom is 0.410 e. The Balaban J connectivity index is 1.36. The quantitative estimate of drug-likeness (QED) is 0.511. The molecule has 1 N–H and O–H groups in total. The van der Waals surface area contributed by atoms with Gasteiger partial charge in [0.2, 0.25) is 0 Å². The Morgan fingerprint density at radius 2 is 1.92 bits per heavy atom. The number of fused-ring (bicyclic) bond motifs is 1. The van der Waals surface area contributed by atoms with Gasteiger partial charge in [0, 0.05) is 49.1 Å². The van der Waals surface area contributed by atoms with E-state index in [1.165, 1.54) is 6.33 Å². The molecule has 1 amide bonds. The van der Waals surface area contributed by atoms with Crippen LogP contribution in [0.15, 0.2) is 12.4 Å². The molecule has 4 heterocycles. The van der Waals surface area contributed by atoms with Gasteiger partial charge in [-0.15, -0.1) is 11.3 Å². The summed E-state index contributed by atoms with van der Waals surface area (Å²) >= 11 is 1.09. The summed E-state index contributed by atoms with van der Waals surface area (Å²) in [5.74, 6) is 1.53. The number of alkyl halides is 3. The lowest BCUT2D eigenvalue weighted by Gasteiger charge is -2.46. The Morgan fingerprint density at radius 1 is 1.19 bits per heavy atom. The summed E-state index contributed by atoms with van der Waals surface area (Å²) in [7, 11) is 0. The highest BCUT2D eigenvalue weighted by molar-refractivity contribution is 7.18. The second kappa shape index (κ2) is 10.9. The number of likely N-dealkylation sites (tertiary alicyclic amines) is 1. The van der Waals surface area contributed by atoms with Crippen LogP contribution in [0.1, 0.15) is 58.8 Å². The fraction of sp³-hybridized carbons (Fsp3) is 0.731. The molecule has 0 saturated carbocycles. The average molecular weight is 542 g/mol. The van der Waals surface area contributed by atoms with E-state index in [-0.39, 0.29) is 11.0 Å². The minimum Gasteiger partial charge on any atom is -0.444 e. The summed E-state index contributed by atoms with van der Waals surface area (Å²) in [4.78, 5) is 25.9. The van der Waals surface area contributed by atoms with Gasteiger partial charge in [-0.2, -0.15) is 13.2 Å². The van der Waals surface area contributed by atoms with Crippen molar-refractivity contribution >= 4 is 33.5 Å². The Labute approximate surface area is 220 Å². The molecule has 0 radical (unpaired) electrons. The molecule has 2 atom stereocenters. The fourth-order valence-electron chi connectivity index (χ4n) is 5.26. The van der Waals surface area contributed by atoms with Crippen molar-refractivity contribution in [3.63, 3.8) is 0 Å². The van der Waals surface area contributed by atoms with Crippen molar-refractivity contribution in [3.05, 3.63) is 17.3 Å². The van der Waals surface area contributed by atoms with Gasteiger partial charge in [-0.05, 0) is 52.0 Å². The molecule has 0 bridgehead atoms. The number of ether oxygens (including phenoxy) is 1. The molecule has 2 aromatic rings. The molecule has 11 heteroatoms. The molecule has 2 aliphatic heterocycles. The molecule has 0 spiro atoms. The maximum absolute atomic E-state index is 12.9. The third-order valence-electron chi connectivity index (χ3n) is 6.98. The molecule has 2 aliphatic rings. The van der Waals surface area contributed by atoms with Crippen molar-refractivity contribution in [2.75, 3.05) is 31.1 Å². The highest BCUT2D eigenvalue weighted by Gasteiger charge is 2.40. The summed E-state index contributed by atoms with van der Waals surface area (Å²) in [6, 6.07) is 2.22. The predicted octanol–water partition coefficient (Wildman–Crippen LogP) is 5.64. The van der Waals surface area contributed by atoms with Crippen molar-refractivity contribution in [3.8, 4) is 0 Å². The highest BCUT2D eigenvalue weighted by Crippen LogP contribution is 2.34. The van der Waals surface area contributed by atoms with Gasteiger partial charge in [-0.3, -0.25) is 0 Å². The number of aromatic nitrogens is 2. The van der Waals surface area contributed by atoms with Crippen molar-refractivity contribution < 1.29 is 22.7 Å². The third kappa shape index (κ3) is 7.25. The first-order valence-electron chi connectivity index (χ1n) is 13.1. The second-order valence-electron chi connectivity index (χ2n) is 11.6. The Hall–Kier alpha value is -2.14. The number of nitrogens with one attached hydrogen (secondary N) is 1. The molecule has 0 unspecified atom stereocenters. The van der Waals surface area contributed by atoms with Crippen LogP contribution >= 0.6 is 11.3 Å². The van der Waals surface area contributed by atoms with Crippen LogP contribution in [0.4, 0.5) is 23.8 Å². The number of carbonyl (C=O) groups is 1. The Kier molecular flexibility index (Phi) is 8.23. The maximum atomic E-state index is 12.9. The van der Waals surface area contributed by atoms with Crippen molar-refractivity contribution in [2.24, 2.45) is 11.8 Å². The molecule has 2 fully saturated rings. The zero-order valence-electron chi connectivity index (χ0n) is 22.3. The first-order chi connectivity index (χ1) is 17.3. The van der Waals surface area contributed by atoms with Gasteiger partial charge < -0.3 is 19.9 Å². The molecular weight excluding hydrogens is 503 g/mol. The number of amides is 1. The average Bonchev–Trinajstić information content (AvgIpc) is 2.98. The Bertz CT molecular complexity index is 1080. The molecule has 4 rings (SSSR count). The van der Waals surface area contributed by atoms with Crippen LogP contribution in [0.3, 0.4) is 0 Å². The van der Waals surface area contributed by atoms with Gasteiger partial charge in [-0.1, -0.05) is 13.8 Å². The molecule has 37 heavy (non-hydrogen) atoms. The van der Waals surface area contributed by atoms with Crippen molar-refractivity contribution in [1.29, 1.82) is 0 Å². The molecule has 2 aromatic heterocycles. The van der Waals surface area contributed by atoms with E-state index in [1.54, 1.807) is 11.0 Å². The van der Waals surface area contributed by atoms with Crippen LogP contribution in [0, 0.1) is 11.8 Å². The lowest BCUT2D eigenvalue weighted by atomic mass is 9.84. The van der Waals surface area contributed by atoms with E-state index < -0.39 is 18.2 Å². The number of rotatable bonds is 6. The van der Waals surface area contributed by atoms with Gasteiger partial charge in [0.05, 0.1) is 11.8 Å². The van der Waals surface area contributed by atoms with Crippen LogP contribution in [-0.2, 0) is 11.2 Å². The van der Waals surface area contributed by atoms with Crippen LogP contribution in [-0.4, -0.2) is 71.0 Å². The molecule has 0 aromatic carbocycles. The van der Waals surface area contributed by atoms with Gasteiger partial charge in [0.25, 0.3) is 0 Å². The van der Waals surface area contributed by atoms with Gasteiger partial charge in [-0.25, -0.2) is 14.8 Å². The van der Waals surface area contributed by atoms with Crippen molar-refractivity contribution in [2.45, 2.75) is 84.2 Å². The zero-order valence-corrected chi connectivity index (χ0v) is 23.1. The van der Waals surface area contributed by atoms with E-state index in [0.717, 1.165) is 49.5 Å². The first-order valence-corrected chi connectivity index (χ1v) is 13.9. The van der Waals surface area contributed by atoms with Crippen LogP contribution in [0.25, 0.3) is 10.2 Å². The van der Waals surface area contributed by atoms with E-state index in [4.69, 9.17) is 4.74 Å². The normalized spacial score (nSPS) is 20.7. The van der Waals surface area contributed by atoms with Gasteiger partial charge >= 0.3 is 12.3 Å². The van der Waals surface area contributed by atoms with E-state index in [1.807, 2.05) is 20.8 Å². The van der Waals surface area contributed by atoms with Gasteiger partial charge in [0.1, 0.15) is 22.6 Å². The lowest BCUT2D eigenvalue weighted by Crippen LogP contribution is -2.60. The largest absolute Gasteiger partial charge is 0.444 e. The smallest absolute Gasteiger partial charge is 0.410 e. The number of thiophene rings is 1. The zero-order chi connectivity index (χ0) is 27.0. The Morgan fingerprint density at radius 3 is 2.57 bits per heavy atom. The number of carbonyl (C=O) groups excluding carboxylic acids is 1. The van der Waals surface area contributed by atoms with E-state index >= 15 is 0 Å². The minimum atomic E-state index is -4.24. The van der Waals surface area contributed by atoms with Gasteiger partial charge in [0.15, 0.2) is 0 Å². The predicted molar refractivity (Wildman–Crippen MR) is 140 cm³/mol. The number of hydrogen-bond donors (Lipinski definition) is 1. The second-order valence-corrected chi connectivity index (χ2v) is 12.7. The standard InChI is InChI=1S/C26H38F3N5O2S/c1-16(2)21(17-13-34(14-17)24(35)36-25(3,4)5)32-18-7-6-9-33(10-8-18)22-20-11-19(12-26(27,28)29)37-23(20)31-15-30-22/h11,15-18,21,32H,6-10,12-14H2,1-5H3/t18-,21-/m0/s1.